The van der Waals surface area contributed by atoms with Gasteiger partial charge in [0.1, 0.15) is 0 Å². The number of hydrogen-bond acceptors (Lipinski definition) is 3. The zero-order valence-electron chi connectivity index (χ0n) is 6.66. The van der Waals surface area contributed by atoms with Crippen LogP contribution in [0.1, 0.15) is 16.2 Å². The van der Waals surface area contributed by atoms with Crippen LogP contribution in [0, 0.1) is 0 Å². The first kappa shape index (κ1) is 8.52. The Hall–Kier alpha value is -1.07. The number of hydrogen-bond donors (Lipinski definition) is 1. The van der Waals surface area contributed by atoms with E-state index in [0.717, 1.165) is 0 Å². The molecule has 0 spiro atoms. The second-order valence-electron chi connectivity index (χ2n) is 2.69. The molecule has 0 atom stereocenters. The van der Waals surface area contributed by atoms with Crippen molar-refractivity contribution < 1.29 is 14.6 Å². The van der Waals surface area contributed by atoms with Gasteiger partial charge in [0.2, 0.25) is 0 Å². The molecule has 0 aromatic carbocycles. The summed E-state index contributed by atoms with van der Waals surface area (Å²) in [6.07, 6.45) is 0. The molecule has 6 heteroatoms. The summed E-state index contributed by atoms with van der Waals surface area (Å²) in [6.45, 7) is 1.44. The fraction of sp³-hybridized carbons (Fsp3) is 0.429. The van der Waals surface area contributed by atoms with Crippen LogP contribution in [0.2, 0.25) is 5.02 Å². The van der Waals surface area contributed by atoms with Crippen LogP contribution in [0.5, 0.6) is 0 Å². The van der Waals surface area contributed by atoms with E-state index >= 15 is 0 Å². The van der Waals surface area contributed by atoms with Crippen molar-refractivity contribution in [1.29, 1.82) is 0 Å². The number of aromatic nitrogens is 2. The fourth-order valence-corrected chi connectivity index (χ4v) is 1.53. The first-order valence-corrected chi connectivity index (χ1v) is 4.14. The summed E-state index contributed by atoms with van der Waals surface area (Å²) in [5.41, 5.74) is 0.549. The van der Waals surface area contributed by atoms with Crippen LogP contribution in [0.3, 0.4) is 0 Å². The van der Waals surface area contributed by atoms with Gasteiger partial charge >= 0.3 is 5.97 Å². The SMILES string of the molecule is O=C(O)c1nn2c(c1Cl)COCC2. The van der Waals surface area contributed by atoms with Gasteiger partial charge in [-0.1, -0.05) is 11.6 Å². The zero-order chi connectivity index (χ0) is 9.42. The van der Waals surface area contributed by atoms with E-state index in [1.54, 1.807) is 4.68 Å². The molecule has 1 aromatic rings. The maximum absolute atomic E-state index is 10.6. The lowest BCUT2D eigenvalue weighted by atomic mass is 10.3. The zero-order valence-corrected chi connectivity index (χ0v) is 7.41. The molecule has 0 unspecified atom stereocenters. The van der Waals surface area contributed by atoms with Gasteiger partial charge in [0, 0.05) is 0 Å². The molecule has 0 saturated carbocycles. The Kier molecular flexibility index (Phi) is 1.97. The minimum absolute atomic E-state index is 0.0952. The molecule has 1 aromatic heterocycles. The van der Waals surface area contributed by atoms with Crippen molar-refractivity contribution in [3.05, 3.63) is 16.4 Å². The summed E-state index contributed by atoms with van der Waals surface area (Å²) >= 11 is 5.79. The van der Waals surface area contributed by atoms with Crippen molar-refractivity contribution in [2.75, 3.05) is 6.61 Å². The van der Waals surface area contributed by atoms with Gasteiger partial charge in [0.15, 0.2) is 5.69 Å². The Balaban J connectivity index is 2.50. The minimum Gasteiger partial charge on any atom is -0.476 e. The number of rotatable bonds is 1. The highest BCUT2D eigenvalue weighted by Crippen LogP contribution is 2.23. The highest BCUT2D eigenvalue weighted by atomic mass is 35.5. The molecule has 2 heterocycles. The Labute approximate surface area is 78.9 Å². The number of nitrogens with zero attached hydrogens (tertiary/aromatic N) is 2. The van der Waals surface area contributed by atoms with Crippen LogP contribution in [0.15, 0.2) is 0 Å². The lowest BCUT2D eigenvalue weighted by Crippen LogP contribution is -2.17. The third-order valence-corrected chi connectivity index (χ3v) is 2.28. The quantitative estimate of drug-likeness (QED) is 0.731. The Morgan fingerprint density at radius 1 is 1.69 bits per heavy atom. The lowest BCUT2D eigenvalue weighted by molar-refractivity contribution is 0.0684. The molecule has 1 aliphatic heterocycles. The van der Waals surface area contributed by atoms with Crippen LogP contribution in [0.25, 0.3) is 0 Å². The van der Waals surface area contributed by atoms with E-state index in [-0.39, 0.29) is 10.7 Å². The number of carboxylic acid groups (broad SMARTS) is 1. The van der Waals surface area contributed by atoms with Crippen LogP contribution in [0.4, 0.5) is 0 Å². The van der Waals surface area contributed by atoms with Gasteiger partial charge in [-0.2, -0.15) is 5.10 Å². The summed E-state index contributed by atoms with van der Waals surface area (Å²) in [5.74, 6) is -1.10. The van der Waals surface area contributed by atoms with Gasteiger partial charge in [0.25, 0.3) is 0 Å². The number of aromatic carboxylic acids is 1. The Morgan fingerprint density at radius 2 is 2.46 bits per heavy atom. The smallest absolute Gasteiger partial charge is 0.357 e. The second-order valence-corrected chi connectivity index (χ2v) is 3.07. The molecule has 70 valence electrons. The molecule has 0 saturated heterocycles. The highest BCUT2D eigenvalue weighted by molar-refractivity contribution is 6.33. The normalized spacial score (nSPS) is 15.5. The van der Waals surface area contributed by atoms with E-state index in [9.17, 15) is 4.79 Å². The van der Waals surface area contributed by atoms with Crippen LogP contribution in [-0.4, -0.2) is 27.5 Å². The van der Waals surface area contributed by atoms with Crippen molar-refractivity contribution in [3.63, 3.8) is 0 Å². The molecule has 13 heavy (non-hydrogen) atoms. The van der Waals surface area contributed by atoms with E-state index in [1.165, 1.54) is 0 Å². The first-order chi connectivity index (χ1) is 6.20. The van der Waals surface area contributed by atoms with Crippen LogP contribution in [-0.2, 0) is 17.9 Å². The number of halogens is 1. The largest absolute Gasteiger partial charge is 0.476 e. The molecule has 0 aliphatic carbocycles. The van der Waals surface area contributed by atoms with Crippen molar-refractivity contribution >= 4 is 17.6 Å². The van der Waals surface area contributed by atoms with Gasteiger partial charge in [-0.15, -0.1) is 0 Å². The third-order valence-electron chi connectivity index (χ3n) is 1.88. The summed E-state index contributed by atoms with van der Waals surface area (Å²) in [7, 11) is 0. The van der Waals surface area contributed by atoms with Crippen LogP contribution < -0.4 is 0 Å². The maximum Gasteiger partial charge on any atom is 0.357 e. The summed E-state index contributed by atoms with van der Waals surface area (Å²) in [5, 5.41) is 12.8. The first-order valence-electron chi connectivity index (χ1n) is 3.76. The molecular formula is C7H7ClN2O3. The van der Waals surface area contributed by atoms with Crippen molar-refractivity contribution in [2.24, 2.45) is 0 Å². The van der Waals surface area contributed by atoms with E-state index in [0.29, 0.717) is 25.5 Å². The molecule has 0 radical (unpaired) electrons. The molecule has 1 N–H and O–H groups in total. The summed E-state index contributed by atoms with van der Waals surface area (Å²) < 4.78 is 6.71. The number of ether oxygens (including phenoxy) is 1. The predicted octanol–water partition coefficient (Wildman–Crippen LogP) is 0.765. The molecule has 1 aliphatic rings. The molecule has 0 fully saturated rings. The van der Waals surface area contributed by atoms with E-state index in [2.05, 4.69) is 5.10 Å². The van der Waals surface area contributed by atoms with Crippen molar-refractivity contribution in [2.45, 2.75) is 13.2 Å². The minimum atomic E-state index is -1.10. The second kappa shape index (κ2) is 3.01. The van der Waals surface area contributed by atoms with Crippen molar-refractivity contribution in [1.82, 2.24) is 9.78 Å². The lowest BCUT2D eigenvalue weighted by Gasteiger charge is -2.13. The molecule has 5 nitrogen and oxygen atoms in total. The summed E-state index contributed by atoms with van der Waals surface area (Å²) in [4.78, 5) is 10.6. The maximum atomic E-state index is 10.6. The average Bonchev–Trinajstić information content (AvgIpc) is 2.45. The van der Waals surface area contributed by atoms with Gasteiger partial charge in [-0.3, -0.25) is 4.68 Å². The monoisotopic (exact) mass is 202 g/mol. The predicted molar refractivity (Wildman–Crippen MR) is 43.9 cm³/mol. The van der Waals surface area contributed by atoms with E-state index in [4.69, 9.17) is 21.4 Å². The van der Waals surface area contributed by atoms with Crippen LogP contribution >= 0.6 is 11.6 Å². The van der Waals surface area contributed by atoms with E-state index in [1.807, 2.05) is 0 Å². The van der Waals surface area contributed by atoms with Crippen molar-refractivity contribution in [3.8, 4) is 0 Å². The Morgan fingerprint density at radius 3 is 3.08 bits per heavy atom. The van der Waals surface area contributed by atoms with Gasteiger partial charge in [-0.05, 0) is 0 Å². The standard InChI is InChI=1S/C7H7ClN2O3/c8-5-4-3-13-2-1-10(4)9-6(5)7(11)12/h1-3H2,(H,11,12). The molecule has 0 amide bonds. The molecule has 2 rings (SSSR count). The highest BCUT2D eigenvalue weighted by Gasteiger charge is 2.22. The van der Waals surface area contributed by atoms with E-state index < -0.39 is 5.97 Å². The number of carbonyl (C=O) groups is 1. The fourth-order valence-electron chi connectivity index (χ4n) is 1.25. The van der Waals surface area contributed by atoms with Gasteiger partial charge < -0.3 is 9.84 Å². The topological polar surface area (TPSA) is 64.3 Å². The average molecular weight is 203 g/mol. The number of fused-ring (bicyclic) bond motifs is 1. The number of carboxylic acids is 1. The van der Waals surface area contributed by atoms with Gasteiger partial charge in [0.05, 0.1) is 30.5 Å². The van der Waals surface area contributed by atoms with Gasteiger partial charge in [-0.25, -0.2) is 4.79 Å². The summed E-state index contributed by atoms with van der Waals surface area (Å²) in [6, 6.07) is 0. The molecule has 0 bridgehead atoms. The molecular weight excluding hydrogens is 196 g/mol. The third kappa shape index (κ3) is 1.30. The Bertz CT molecular complexity index is 361.